The summed E-state index contributed by atoms with van der Waals surface area (Å²) in [6, 6.07) is 14.1. The van der Waals surface area contributed by atoms with Crippen LogP contribution in [0.1, 0.15) is 18.3 Å². The van der Waals surface area contributed by atoms with Gasteiger partial charge in [-0.15, -0.1) is 24.0 Å². The van der Waals surface area contributed by atoms with Crippen LogP contribution in [0.5, 0.6) is 11.5 Å². The monoisotopic (exact) mass is 523 g/mol. The third-order valence-electron chi connectivity index (χ3n) is 4.76. The quantitative estimate of drug-likeness (QED) is 0.269. The number of ether oxygens (including phenoxy) is 2. The third kappa shape index (κ3) is 5.78. The van der Waals surface area contributed by atoms with Crippen molar-refractivity contribution in [1.82, 2.24) is 20.2 Å². The fourth-order valence-electron chi connectivity index (χ4n) is 3.19. The predicted octanol–water partition coefficient (Wildman–Crippen LogP) is 3.51. The molecule has 2 aromatic carbocycles. The van der Waals surface area contributed by atoms with Crippen molar-refractivity contribution in [2.75, 3.05) is 27.3 Å². The highest BCUT2D eigenvalue weighted by atomic mass is 127. The lowest BCUT2D eigenvalue weighted by atomic mass is 10.1. The number of aromatic nitrogens is 2. The highest BCUT2D eigenvalue weighted by Gasteiger charge is 2.08. The zero-order chi connectivity index (χ0) is 20.6. The van der Waals surface area contributed by atoms with Crippen LogP contribution in [-0.2, 0) is 20.0 Å². The van der Waals surface area contributed by atoms with E-state index in [9.17, 15) is 0 Å². The second-order valence-corrected chi connectivity index (χ2v) is 6.64. The second kappa shape index (κ2) is 11.6. The van der Waals surface area contributed by atoms with E-state index >= 15 is 0 Å². The zero-order valence-corrected chi connectivity index (χ0v) is 20.3. The molecular formula is C22H30IN5O2. The van der Waals surface area contributed by atoms with E-state index in [1.165, 1.54) is 5.56 Å². The summed E-state index contributed by atoms with van der Waals surface area (Å²) in [4.78, 5) is 9.38. The van der Waals surface area contributed by atoms with Gasteiger partial charge in [0.2, 0.25) is 0 Å². The van der Waals surface area contributed by atoms with Crippen LogP contribution < -0.4 is 20.1 Å². The summed E-state index contributed by atoms with van der Waals surface area (Å²) in [7, 11) is 5.32. The number of imidazole rings is 1. The first kappa shape index (κ1) is 23.8. The van der Waals surface area contributed by atoms with Gasteiger partial charge in [-0.3, -0.25) is 0 Å². The van der Waals surface area contributed by atoms with Gasteiger partial charge in [0.05, 0.1) is 25.3 Å². The molecule has 0 spiro atoms. The Bertz CT molecular complexity index is 987. The molecule has 2 N–H and O–H groups in total. The first-order valence-corrected chi connectivity index (χ1v) is 9.79. The van der Waals surface area contributed by atoms with E-state index in [2.05, 4.69) is 33.2 Å². The van der Waals surface area contributed by atoms with Crippen molar-refractivity contribution in [3.63, 3.8) is 0 Å². The van der Waals surface area contributed by atoms with Crippen molar-refractivity contribution < 1.29 is 9.47 Å². The molecule has 0 atom stereocenters. The van der Waals surface area contributed by atoms with E-state index in [0.717, 1.165) is 53.8 Å². The Morgan fingerprint density at radius 2 is 1.83 bits per heavy atom. The number of hydrogen-bond donors (Lipinski definition) is 2. The molecule has 1 aromatic heterocycles. The molecule has 30 heavy (non-hydrogen) atoms. The molecule has 3 aromatic rings. The van der Waals surface area contributed by atoms with Gasteiger partial charge in [-0.05, 0) is 43.2 Å². The largest absolute Gasteiger partial charge is 0.493 e. The van der Waals surface area contributed by atoms with Crippen LogP contribution in [0.15, 0.2) is 47.5 Å². The number of halogens is 1. The molecule has 0 aliphatic carbocycles. The van der Waals surface area contributed by atoms with Gasteiger partial charge in [-0.1, -0.05) is 18.2 Å². The molecule has 7 nitrogen and oxygen atoms in total. The number of nitrogens with zero attached hydrogens (tertiary/aromatic N) is 3. The van der Waals surface area contributed by atoms with Gasteiger partial charge in [-0.2, -0.15) is 0 Å². The normalized spacial score (nSPS) is 11.1. The summed E-state index contributed by atoms with van der Waals surface area (Å²) >= 11 is 0. The molecule has 0 radical (unpaired) electrons. The number of guanidine groups is 1. The van der Waals surface area contributed by atoms with Crippen LogP contribution in [0.4, 0.5) is 0 Å². The summed E-state index contributed by atoms with van der Waals surface area (Å²) in [5.74, 6) is 3.19. The minimum atomic E-state index is 0. The molecule has 0 saturated heterocycles. The first-order valence-electron chi connectivity index (χ1n) is 9.79. The SMILES string of the molecule is CCNC(=NCc1nc2ccccc2n1C)NCCc1ccc(OC)c(OC)c1.I. The highest BCUT2D eigenvalue weighted by molar-refractivity contribution is 14.0. The minimum absolute atomic E-state index is 0. The number of hydrogen-bond acceptors (Lipinski definition) is 4. The van der Waals surface area contributed by atoms with Crippen molar-refractivity contribution in [2.45, 2.75) is 19.9 Å². The summed E-state index contributed by atoms with van der Waals surface area (Å²) in [6.07, 6.45) is 0.844. The van der Waals surface area contributed by atoms with Gasteiger partial charge in [0, 0.05) is 20.1 Å². The van der Waals surface area contributed by atoms with Crippen molar-refractivity contribution in [1.29, 1.82) is 0 Å². The fraction of sp³-hybridized carbons (Fsp3) is 0.364. The maximum atomic E-state index is 5.38. The van der Waals surface area contributed by atoms with E-state index in [1.807, 2.05) is 43.4 Å². The smallest absolute Gasteiger partial charge is 0.191 e. The van der Waals surface area contributed by atoms with Crippen LogP contribution in [0.3, 0.4) is 0 Å². The van der Waals surface area contributed by atoms with Crippen molar-refractivity contribution in [2.24, 2.45) is 12.0 Å². The molecule has 0 unspecified atom stereocenters. The maximum Gasteiger partial charge on any atom is 0.191 e. The average molecular weight is 523 g/mol. The summed E-state index contributed by atoms with van der Waals surface area (Å²) in [6.45, 7) is 4.12. The van der Waals surface area contributed by atoms with E-state index in [0.29, 0.717) is 6.54 Å². The molecule has 0 amide bonds. The molecular weight excluding hydrogens is 493 g/mol. The van der Waals surface area contributed by atoms with E-state index in [1.54, 1.807) is 14.2 Å². The number of aryl methyl sites for hydroxylation is 1. The Morgan fingerprint density at radius 1 is 1.07 bits per heavy atom. The van der Waals surface area contributed by atoms with E-state index in [4.69, 9.17) is 14.5 Å². The molecule has 0 saturated carbocycles. The number of fused-ring (bicyclic) bond motifs is 1. The molecule has 3 rings (SSSR count). The summed E-state index contributed by atoms with van der Waals surface area (Å²) < 4.78 is 12.8. The molecule has 0 aliphatic rings. The zero-order valence-electron chi connectivity index (χ0n) is 17.9. The number of para-hydroxylation sites is 2. The molecule has 162 valence electrons. The highest BCUT2D eigenvalue weighted by Crippen LogP contribution is 2.27. The molecule has 0 aliphatic heterocycles. The van der Waals surface area contributed by atoms with E-state index in [-0.39, 0.29) is 24.0 Å². The Morgan fingerprint density at radius 3 is 2.53 bits per heavy atom. The average Bonchev–Trinajstić information content (AvgIpc) is 3.07. The van der Waals surface area contributed by atoms with E-state index < -0.39 is 0 Å². The van der Waals surface area contributed by atoms with Gasteiger partial charge in [0.25, 0.3) is 0 Å². The number of aliphatic imine (C=N–C) groups is 1. The lowest BCUT2D eigenvalue weighted by Crippen LogP contribution is -2.38. The minimum Gasteiger partial charge on any atom is -0.493 e. The van der Waals surface area contributed by atoms with Gasteiger partial charge >= 0.3 is 0 Å². The van der Waals surface area contributed by atoms with Crippen molar-refractivity contribution >= 4 is 41.0 Å². The van der Waals surface area contributed by atoms with Crippen LogP contribution in [0.2, 0.25) is 0 Å². The number of nitrogens with one attached hydrogen (secondary N) is 2. The van der Waals surface area contributed by atoms with Crippen LogP contribution >= 0.6 is 24.0 Å². The lowest BCUT2D eigenvalue weighted by molar-refractivity contribution is 0.354. The van der Waals surface area contributed by atoms with Crippen molar-refractivity contribution in [3.8, 4) is 11.5 Å². The third-order valence-corrected chi connectivity index (χ3v) is 4.76. The molecule has 0 fully saturated rings. The van der Waals surface area contributed by atoms with Crippen LogP contribution in [0, 0.1) is 0 Å². The molecule has 8 heteroatoms. The Hall–Kier alpha value is -2.49. The second-order valence-electron chi connectivity index (χ2n) is 6.64. The Labute approximate surface area is 194 Å². The number of benzene rings is 2. The van der Waals surface area contributed by atoms with Crippen LogP contribution in [-0.4, -0.2) is 42.8 Å². The van der Waals surface area contributed by atoms with Gasteiger partial charge in [-0.25, -0.2) is 9.98 Å². The van der Waals surface area contributed by atoms with Gasteiger partial charge in [0.15, 0.2) is 17.5 Å². The van der Waals surface area contributed by atoms with Gasteiger partial charge in [0.1, 0.15) is 12.4 Å². The number of methoxy groups -OCH3 is 2. The topological polar surface area (TPSA) is 72.7 Å². The summed E-state index contributed by atoms with van der Waals surface area (Å²) in [5.41, 5.74) is 3.28. The fourth-order valence-corrected chi connectivity index (χ4v) is 3.19. The first-order chi connectivity index (χ1) is 14.2. The molecule has 1 heterocycles. The van der Waals surface area contributed by atoms with Crippen LogP contribution in [0.25, 0.3) is 11.0 Å². The predicted molar refractivity (Wildman–Crippen MR) is 132 cm³/mol. The molecule has 0 bridgehead atoms. The maximum absolute atomic E-state index is 5.38. The number of rotatable bonds is 8. The van der Waals surface area contributed by atoms with Gasteiger partial charge < -0.3 is 24.7 Å². The summed E-state index contributed by atoms with van der Waals surface area (Å²) in [5, 5.41) is 6.68. The Balaban J connectivity index is 0.00000320. The lowest BCUT2D eigenvalue weighted by Gasteiger charge is -2.12. The van der Waals surface area contributed by atoms with Crippen molar-refractivity contribution in [3.05, 3.63) is 53.9 Å². The standard InChI is InChI=1S/C22H29N5O2.HI/c1-5-23-22(24-13-12-16-10-11-19(28-3)20(14-16)29-4)25-15-21-26-17-8-6-7-9-18(17)27(21)2;/h6-11,14H,5,12-13,15H2,1-4H3,(H2,23,24,25);1H. The Kier molecular flexibility index (Phi) is 9.22.